The molecule has 0 saturated carbocycles. The highest BCUT2D eigenvalue weighted by Crippen LogP contribution is 2.02. The van der Waals surface area contributed by atoms with Gasteiger partial charge < -0.3 is 0 Å². The summed E-state index contributed by atoms with van der Waals surface area (Å²) < 4.78 is 0. The van der Waals surface area contributed by atoms with Crippen LogP contribution in [-0.4, -0.2) is 20.2 Å². The second-order valence-electron chi connectivity index (χ2n) is 3.27. The normalized spacial score (nSPS) is 10.1. The number of aryl methyl sites for hydroxylation is 2. The molecule has 0 N–H and O–H groups in total. The Morgan fingerprint density at radius 1 is 0.933 bits per heavy atom. The molecule has 0 aliphatic heterocycles. The molecule has 15 heavy (non-hydrogen) atoms. The van der Waals surface area contributed by atoms with Crippen LogP contribution in [0, 0.1) is 0 Å². The van der Waals surface area contributed by atoms with Crippen molar-refractivity contribution in [3.05, 3.63) is 48.3 Å². The number of nitrogens with zero attached hydrogens (tertiary/aromatic N) is 4. The van der Waals surface area contributed by atoms with Gasteiger partial charge in [-0.05, 0) is 30.5 Å². The van der Waals surface area contributed by atoms with Crippen molar-refractivity contribution >= 4 is 0 Å². The lowest BCUT2D eigenvalue weighted by Gasteiger charge is -1.99. The lowest BCUT2D eigenvalue weighted by Crippen LogP contribution is -1.95. The lowest BCUT2D eigenvalue weighted by molar-refractivity contribution is 0.765. The number of aromatic nitrogens is 4. The van der Waals surface area contributed by atoms with Crippen molar-refractivity contribution in [3.63, 3.8) is 0 Å². The van der Waals surface area contributed by atoms with Gasteiger partial charge in [0.2, 0.25) is 0 Å². The zero-order valence-corrected chi connectivity index (χ0v) is 8.37. The van der Waals surface area contributed by atoms with Crippen LogP contribution < -0.4 is 0 Å². The van der Waals surface area contributed by atoms with Crippen LogP contribution in [0.15, 0.2) is 36.9 Å². The molecular formula is C11H12N4. The molecule has 2 aromatic rings. The minimum absolute atomic E-state index is 0.902. The van der Waals surface area contributed by atoms with Crippen molar-refractivity contribution in [2.75, 3.05) is 0 Å². The Morgan fingerprint density at radius 2 is 1.80 bits per heavy atom. The molecule has 0 amide bonds. The fourth-order valence-electron chi connectivity index (χ4n) is 1.38. The molecule has 0 atom stereocenters. The molecule has 0 fully saturated rings. The van der Waals surface area contributed by atoms with Gasteiger partial charge in [-0.1, -0.05) is 0 Å². The van der Waals surface area contributed by atoms with Crippen LogP contribution in [0.25, 0.3) is 0 Å². The summed E-state index contributed by atoms with van der Waals surface area (Å²) in [6.45, 7) is 0. The highest BCUT2D eigenvalue weighted by atomic mass is 15.1. The largest absolute Gasteiger partial charge is 0.241 e. The van der Waals surface area contributed by atoms with E-state index in [0.29, 0.717) is 0 Å². The van der Waals surface area contributed by atoms with Gasteiger partial charge in [0.25, 0.3) is 0 Å². The summed E-state index contributed by atoms with van der Waals surface area (Å²) in [5, 5.41) is 7.57. The van der Waals surface area contributed by atoms with Gasteiger partial charge in [-0.3, -0.25) is 0 Å². The average Bonchev–Trinajstić information content (AvgIpc) is 2.32. The second kappa shape index (κ2) is 5.14. The first-order valence-corrected chi connectivity index (χ1v) is 4.96. The van der Waals surface area contributed by atoms with Crippen molar-refractivity contribution in [1.29, 1.82) is 0 Å². The third kappa shape index (κ3) is 3.09. The van der Waals surface area contributed by atoms with Gasteiger partial charge in [-0.15, -0.1) is 0 Å². The third-order valence-electron chi connectivity index (χ3n) is 2.13. The molecule has 0 spiro atoms. The Balaban J connectivity index is 1.81. The molecule has 0 aliphatic rings. The van der Waals surface area contributed by atoms with E-state index in [1.54, 1.807) is 24.8 Å². The zero-order valence-electron chi connectivity index (χ0n) is 8.37. The fraction of sp³-hybridized carbons (Fsp3) is 0.273. The molecule has 0 bridgehead atoms. The van der Waals surface area contributed by atoms with Crippen LogP contribution >= 0.6 is 0 Å². The van der Waals surface area contributed by atoms with Gasteiger partial charge in [-0.25, -0.2) is 9.97 Å². The van der Waals surface area contributed by atoms with Gasteiger partial charge >= 0.3 is 0 Å². The van der Waals surface area contributed by atoms with Crippen molar-refractivity contribution in [1.82, 2.24) is 20.2 Å². The first-order chi connectivity index (χ1) is 7.45. The maximum Gasteiger partial charge on any atom is 0.128 e. The van der Waals surface area contributed by atoms with E-state index < -0.39 is 0 Å². The molecule has 0 radical (unpaired) electrons. The molecule has 2 heterocycles. The molecular weight excluding hydrogens is 188 g/mol. The minimum Gasteiger partial charge on any atom is -0.241 e. The molecule has 0 aromatic carbocycles. The monoisotopic (exact) mass is 200 g/mol. The number of rotatable bonds is 4. The Hall–Kier alpha value is -1.84. The maximum absolute atomic E-state index is 4.17. The smallest absolute Gasteiger partial charge is 0.128 e. The first kappa shape index (κ1) is 9.71. The Bertz CT molecular complexity index is 348. The van der Waals surface area contributed by atoms with Crippen LogP contribution in [0.2, 0.25) is 0 Å². The zero-order chi connectivity index (χ0) is 10.3. The van der Waals surface area contributed by atoms with Gasteiger partial charge in [0.05, 0.1) is 6.20 Å². The molecule has 0 aliphatic carbocycles. The summed E-state index contributed by atoms with van der Waals surface area (Å²) >= 11 is 0. The van der Waals surface area contributed by atoms with E-state index in [2.05, 4.69) is 20.2 Å². The van der Waals surface area contributed by atoms with Gasteiger partial charge in [0.1, 0.15) is 5.82 Å². The van der Waals surface area contributed by atoms with Crippen molar-refractivity contribution in [2.45, 2.75) is 19.3 Å². The predicted molar refractivity (Wildman–Crippen MR) is 56.1 cm³/mol. The van der Waals surface area contributed by atoms with E-state index in [1.165, 1.54) is 5.56 Å². The Morgan fingerprint density at radius 3 is 2.53 bits per heavy atom. The summed E-state index contributed by atoms with van der Waals surface area (Å²) in [5.41, 5.74) is 1.21. The highest BCUT2D eigenvalue weighted by molar-refractivity contribution is 5.05. The van der Waals surface area contributed by atoms with Crippen LogP contribution in [0.4, 0.5) is 0 Å². The van der Waals surface area contributed by atoms with Crippen LogP contribution in [-0.2, 0) is 12.8 Å². The van der Waals surface area contributed by atoms with E-state index in [4.69, 9.17) is 0 Å². The van der Waals surface area contributed by atoms with E-state index >= 15 is 0 Å². The van der Waals surface area contributed by atoms with Crippen molar-refractivity contribution < 1.29 is 0 Å². The Labute approximate surface area is 88.4 Å². The summed E-state index contributed by atoms with van der Waals surface area (Å²) in [6.07, 6.45) is 10.00. The topological polar surface area (TPSA) is 51.6 Å². The predicted octanol–water partition coefficient (Wildman–Crippen LogP) is 1.44. The third-order valence-corrected chi connectivity index (χ3v) is 2.13. The summed E-state index contributed by atoms with van der Waals surface area (Å²) in [6, 6.07) is 3.81. The fourth-order valence-corrected chi connectivity index (χ4v) is 1.38. The van der Waals surface area contributed by atoms with Gasteiger partial charge in [-0.2, -0.15) is 10.2 Å². The van der Waals surface area contributed by atoms with E-state index in [-0.39, 0.29) is 0 Å². The van der Waals surface area contributed by atoms with Crippen molar-refractivity contribution in [2.24, 2.45) is 0 Å². The molecule has 76 valence electrons. The molecule has 4 nitrogen and oxygen atoms in total. The average molecular weight is 200 g/mol. The summed E-state index contributed by atoms with van der Waals surface area (Å²) in [4.78, 5) is 8.34. The first-order valence-electron chi connectivity index (χ1n) is 4.96. The van der Waals surface area contributed by atoms with Crippen molar-refractivity contribution in [3.8, 4) is 0 Å². The SMILES string of the molecule is c1cnc(CCCc2ccnnc2)nc1. The molecule has 4 heteroatoms. The van der Waals surface area contributed by atoms with Crippen LogP contribution in [0.1, 0.15) is 17.8 Å². The number of hydrogen-bond donors (Lipinski definition) is 0. The van der Waals surface area contributed by atoms with E-state index in [9.17, 15) is 0 Å². The van der Waals surface area contributed by atoms with Crippen LogP contribution in [0.3, 0.4) is 0 Å². The minimum atomic E-state index is 0.902. The second-order valence-corrected chi connectivity index (χ2v) is 3.27. The Kier molecular flexibility index (Phi) is 3.33. The van der Waals surface area contributed by atoms with Gasteiger partial charge in [0.15, 0.2) is 0 Å². The summed E-state index contributed by atoms with van der Waals surface area (Å²) in [5.74, 6) is 0.902. The lowest BCUT2D eigenvalue weighted by atomic mass is 10.1. The quantitative estimate of drug-likeness (QED) is 0.749. The van der Waals surface area contributed by atoms with Gasteiger partial charge in [0, 0.05) is 25.0 Å². The standard InChI is InChI=1S/C11H12N4/c1(3-10-5-8-14-15-9-10)4-11-12-6-2-7-13-11/h2,5-9H,1,3-4H2. The summed E-state index contributed by atoms with van der Waals surface area (Å²) in [7, 11) is 0. The van der Waals surface area contributed by atoms with Crippen LogP contribution in [0.5, 0.6) is 0 Å². The van der Waals surface area contributed by atoms with E-state index in [1.807, 2.05) is 12.1 Å². The molecule has 0 saturated heterocycles. The number of hydrogen-bond acceptors (Lipinski definition) is 4. The van der Waals surface area contributed by atoms with E-state index in [0.717, 1.165) is 25.1 Å². The molecule has 2 aromatic heterocycles. The maximum atomic E-state index is 4.17. The molecule has 0 unspecified atom stereocenters. The molecule has 2 rings (SSSR count). The highest BCUT2D eigenvalue weighted by Gasteiger charge is 1.96.